The topological polar surface area (TPSA) is 122 Å². The normalized spacial score (nSPS) is 11.0. The maximum absolute atomic E-state index is 12.8. The number of esters is 2. The zero-order valence-electron chi connectivity index (χ0n) is 18.0. The molecule has 0 spiro atoms. The number of pyridine rings is 2. The average molecular weight is 427 g/mol. The third kappa shape index (κ3) is 4.03. The predicted molar refractivity (Wildman–Crippen MR) is 118 cm³/mol. The van der Waals surface area contributed by atoms with Crippen LogP contribution < -0.4 is 15.8 Å². The van der Waals surface area contributed by atoms with Crippen molar-refractivity contribution in [1.82, 2.24) is 9.97 Å². The first-order valence-electron chi connectivity index (χ1n) is 10.2. The van der Waals surface area contributed by atoms with Crippen LogP contribution >= 0.6 is 0 Å². The molecular formula is C22H25N3O6. The van der Waals surface area contributed by atoms with E-state index in [2.05, 4.69) is 9.97 Å². The summed E-state index contributed by atoms with van der Waals surface area (Å²) < 4.78 is 10.1. The van der Waals surface area contributed by atoms with E-state index in [1.54, 1.807) is 13.8 Å². The fourth-order valence-corrected chi connectivity index (χ4v) is 3.56. The molecule has 2 N–H and O–H groups in total. The molecule has 9 heteroatoms. The number of nitrogens with one attached hydrogen (secondary N) is 2. The van der Waals surface area contributed by atoms with Crippen LogP contribution in [0.25, 0.3) is 21.8 Å². The Morgan fingerprint density at radius 3 is 1.55 bits per heavy atom. The van der Waals surface area contributed by atoms with E-state index in [1.165, 1.54) is 18.2 Å². The van der Waals surface area contributed by atoms with Gasteiger partial charge in [0.15, 0.2) is 10.9 Å². The summed E-state index contributed by atoms with van der Waals surface area (Å²) >= 11 is 0. The molecule has 1 aromatic carbocycles. The lowest BCUT2D eigenvalue weighted by molar-refractivity contribution is 0.0510. The number of aromatic amines is 2. The smallest absolute Gasteiger partial charge is 0.354 e. The number of carbonyl (C=O) groups is 2. The quantitative estimate of drug-likeness (QED) is 0.439. The van der Waals surface area contributed by atoms with Gasteiger partial charge in [0, 0.05) is 36.0 Å². The third-order valence-corrected chi connectivity index (χ3v) is 4.97. The molecule has 31 heavy (non-hydrogen) atoms. The van der Waals surface area contributed by atoms with Gasteiger partial charge >= 0.3 is 11.9 Å². The van der Waals surface area contributed by atoms with Gasteiger partial charge in [-0.05, 0) is 33.8 Å². The number of aromatic nitrogens is 2. The number of benzene rings is 1. The van der Waals surface area contributed by atoms with Crippen LogP contribution in [0.1, 0.15) is 48.7 Å². The predicted octanol–water partition coefficient (Wildman–Crippen LogP) is 2.57. The van der Waals surface area contributed by atoms with Crippen LogP contribution in [-0.4, -0.2) is 48.2 Å². The lowest BCUT2D eigenvalue weighted by Gasteiger charge is -2.24. The second-order valence-electron chi connectivity index (χ2n) is 6.78. The van der Waals surface area contributed by atoms with Crippen molar-refractivity contribution in [2.24, 2.45) is 0 Å². The second kappa shape index (κ2) is 9.03. The van der Waals surface area contributed by atoms with Crippen LogP contribution in [0.2, 0.25) is 0 Å². The first-order valence-corrected chi connectivity index (χ1v) is 10.2. The van der Waals surface area contributed by atoms with E-state index in [0.29, 0.717) is 29.8 Å². The van der Waals surface area contributed by atoms with Gasteiger partial charge < -0.3 is 24.3 Å². The largest absolute Gasteiger partial charge is 0.461 e. The van der Waals surface area contributed by atoms with E-state index in [4.69, 9.17) is 9.47 Å². The van der Waals surface area contributed by atoms with Crippen LogP contribution in [0, 0.1) is 0 Å². The fraction of sp³-hybridized carbons (Fsp3) is 0.364. The summed E-state index contributed by atoms with van der Waals surface area (Å²) in [7, 11) is 0. The molecule has 3 rings (SSSR count). The van der Waals surface area contributed by atoms with Crippen LogP contribution in [0.4, 0.5) is 5.69 Å². The van der Waals surface area contributed by atoms with Gasteiger partial charge in [0.25, 0.3) is 0 Å². The Bertz CT molecular complexity index is 1180. The van der Waals surface area contributed by atoms with Gasteiger partial charge in [-0.25, -0.2) is 9.59 Å². The monoisotopic (exact) mass is 427 g/mol. The molecule has 0 bridgehead atoms. The average Bonchev–Trinajstić information content (AvgIpc) is 2.74. The van der Waals surface area contributed by atoms with E-state index < -0.39 is 22.8 Å². The number of nitrogens with zero attached hydrogens (tertiary/aromatic N) is 1. The highest BCUT2D eigenvalue weighted by molar-refractivity contribution is 6.09. The summed E-state index contributed by atoms with van der Waals surface area (Å²) in [5, 5.41) is 0.522. The van der Waals surface area contributed by atoms with Gasteiger partial charge in [0.2, 0.25) is 0 Å². The Balaban J connectivity index is 2.48. The molecule has 0 saturated heterocycles. The zero-order valence-corrected chi connectivity index (χ0v) is 18.0. The minimum Gasteiger partial charge on any atom is -0.461 e. The molecule has 0 aliphatic rings. The summed E-state index contributed by atoms with van der Waals surface area (Å²) in [6.45, 7) is 8.64. The summed E-state index contributed by atoms with van der Waals surface area (Å²) in [6, 6.07) is 3.80. The van der Waals surface area contributed by atoms with Crippen LogP contribution in [0.5, 0.6) is 0 Å². The number of ether oxygens (including phenoxy) is 2. The van der Waals surface area contributed by atoms with E-state index in [-0.39, 0.29) is 35.4 Å². The Morgan fingerprint density at radius 1 is 0.774 bits per heavy atom. The molecule has 164 valence electrons. The van der Waals surface area contributed by atoms with Gasteiger partial charge in [-0.3, -0.25) is 9.59 Å². The molecule has 2 aromatic heterocycles. The van der Waals surface area contributed by atoms with Crippen LogP contribution in [0.15, 0.2) is 27.8 Å². The molecule has 0 unspecified atom stereocenters. The first kappa shape index (κ1) is 22.1. The Labute approximate surface area is 178 Å². The molecule has 3 aromatic rings. The van der Waals surface area contributed by atoms with E-state index in [1.807, 2.05) is 18.7 Å². The number of carbonyl (C=O) groups excluding carboxylic acids is 2. The van der Waals surface area contributed by atoms with Crippen molar-refractivity contribution in [2.45, 2.75) is 27.7 Å². The van der Waals surface area contributed by atoms with Crippen molar-refractivity contribution in [3.8, 4) is 0 Å². The Kier molecular flexibility index (Phi) is 6.43. The first-order chi connectivity index (χ1) is 14.9. The maximum Gasteiger partial charge on any atom is 0.354 e. The summed E-state index contributed by atoms with van der Waals surface area (Å²) in [5.41, 5.74) is 0.463. The number of hydrogen-bond acceptors (Lipinski definition) is 7. The third-order valence-electron chi connectivity index (χ3n) is 4.97. The number of anilines is 1. The summed E-state index contributed by atoms with van der Waals surface area (Å²) in [5.74, 6) is -1.30. The SMILES string of the molecule is CCOC(=O)c1cc(=O)c2cc3c(=O)cc(C(=O)OCC)[nH]c3c(N(CC)CC)c2[nH]1. The highest BCUT2D eigenvalue weighted by atomic mass is 16.5. The minimum atomic E-state index is -0.652. The van der Waals surface area contributed by atoms with Crippen molar-refractivity contribution in [3.05, 3.63) is 50.0 Å². The molecule has 0 fully saturated rings. The van der Waals surface area contributed by atoms with Crippen molar-refractivity contribution in [1.29, 1.82) is 0 Å². The number of fused-ring (bicyclic) bond motifs is 2. The standard InChI is InChI=1S/C22H25N3O6/c1-5-25(6-2)20-18-12(16(26)10-14(23-18)21(28)30-7-3)9-13-17(27)11-15(24-19(13)20)22(29)31-8-4/h9-11H,5-8H2,1-4H3,(H,23,26)(H,24,27). The van der Waals surface area contributed by atoms with Gasteiger partial charge in [-0.1, -0.05) is 0 Å². The summed E-state index contributed by atoms with van der Waals surface area (Å²) in [6.07, 6.45) is 0. The number of rotatable bonds is 7. The van der Waals surface area contributed by atoms with Crippen molar-refractivity contribution in [2.75, 3.05) is 31.2 Å². The van der Waals surface area contributed by atoms with E-state index >= 15 is 0 Å². The van der Waals surface area contributed by atoms with E-state index in [0.717, 1.165) is 0 Å². The summed E-state index contributed by atoms with van der Waals surface area (Å²) in [4.78, 5) is 58.2. The Morgan fingerprint density at radius 2 is 1.19 bits per heavy atom. The Hall–Kier alpha value is -3.62. The van der Waals surface area contributed by atoms with Gasteiger partial charge in [0.05, 0.1) is 29.9 Å². The molecule has 9 nitrogen and oxygen atoms in total. The number of H-pyrrole nitrogens is 2. The molecule has 0 atom stereocenters. The highest BCUT2D eigenvalue weighted by Gasteiger charge is 2.21. The van der Waals surface area contributed by atoms with Crippen molar-refractivity contribution < 1.29 is 19.1 Å². The van der Waals surface area contributed by atoms with Crippen molar-refractivity contribution in [3.63, 3.8) is 0 Å². The molecule has 0 radical (unpaired) electrons. The molecular weight excluding hydrogens is 402 g/mol. The highest BCUT2D eigenvalue weighted by Crippen LogP contribution is 2.31. The molecule has 0 amide bonds. The second-order valence-corrected chi connectivity index (χ2v) is 6.78. The van der Waals surface area contributed by atoms with Crippen LogP contribution in [0.3, 0.4) is 0 Å². The van der Waals surface area contributed by atoms with Gasteiger partial charge in [0.1, 0.15) is 11.4 Å². The lowest BCUT2D eigenvalue weighted by atomic mass is 10.1. The molecule has 0 aliphatic carbocycles. The van der Waals surface area contributed by atoms with Crippen LogP contribution in [-0.2, 0) is 9.47 Å². The lowest BCUT2D eigenvalue weighted by Crippen LogP contribution is -2.25. The van der Waals surface area contributed by atoms with Gasteiger partial charge in [-0.2, -0.15) is 0 Å². The maximum atomic E-state index is 12.8. The van der Waals surface area contributed by atoms with E-state index in [9.17, 15) is 19.2 Å². The minimum absolute atomic E-state index is 0.0102. The molecule has 0 aliphatic heterocycles. The molecule has 2 heterocycles. The molecule has 0 saturated carbocycles. The van der Waals surface area contributed by atoms with Crippen molar-refractivity contribution >= 4 is 39.4 Å². The zero-order chi connectivity index (χ0) is 22.7. The van der Waals surface area contributed by atoms with Gasteiger partial charge in [-0.15, -0.1) is 0 Å². The fourth-order valence-electron chi connectivity index (χ4n) is 3.56. The number of hydrogen-bond donors (Lipinski definition) is 2.